The highest BCUT2D eigenvalue weighted by atomic mass is 35.5. The van der Waals surface area contributed by atoms with Gasteiger partial charge in [0.1, 0.15) is 0 Å². The Hall–Kier alpha value is -1.59. The Kier molecular flexibility index (Phi) is 5.12. The van der Waals surface area contributed by atoms with E-state index in [-0.39, 0.29) is 17.4 Å². The number of carbonyl (C=O) groups is 2. The van der Waals surface area contributed by atoms with Crippen molar-refractivity contribution in [3.8, 4) is 0 Å². The predicted octanol–water partition coefficient (Wildman–Crippen LogP) is 1.83. The number of halogens is 1. The maximum atomic E-state index is 11.8. The molecule has 0 aliphatic rings. The fourth-order valence-electron chi connectivity index (χ4n) is 1.41. The lowest BCUT2D eigenvalue weighted by atomic mass is 10.1. The molecule has 0 bridgehead atoms. The van der Waals surface area contributed by atoms with E-state index < -0.39 is 5.97 Å². The van der Waals surface area contributed by atoms with Crippen LogP contribution in [0.2, 0.25) is 5.02 Å². The van der Waals surface area contributed by atoms with Crippen molar-refractivity contribution in [2.75, 3.05) is 18.9 Å². The molecular weight excluding hydrogens is 256 g/mol. The number of hydrogen-bond acceptors (Lipinski definition) is 3. The highest BCUT2D eigenvalue weighted by Gasteiger charge is 2.14. The average Bonchev–Trinajstić information content (AvgIpc) is 2.31. The lowest BCUT2D eigenvalue weighted by Gasteiger charge is -2.13. The lowest BCUT2D eigenvalue weighted by Crippen LogP contribution is -2.28. The molecule has 0 aliphatic heterocycles. The molecule has 0 fully saturated rings. The third kappa shape index (κ3) is 3.72. The molecule has 1 aromatic carbocycles. The molecule has 0 aliphatic carbocycles. The number of amides is 1. The quantitative estimate of drug-likeness (QED) is 0.763. The van der Waals surface area contributed by atoms with E-state index in [2.05, 4.69) is 10.6 Å². The van der Waals surface area contributed by atoms with Crippen LogP contribution in [0, 0.1) is 5.92 Å². The SMILES string of the molecule is CNCC(C)C(=O)Nc1cc(C(=O)O)ccc1Cl. The van der Waals surface area contributed by atoms with Gasteiger partial charge in [-0.1, -0.05) is 18.5 Å². The van der Waals surface area contributed by atoms with Crippen molar-refractivity contribution < 1.29 is 14.7 Å². The summed E-state index contributed by atoms with van der Waals surface area (Å²) in [5.41, 5.74) is 0.389. The average molecular weight is 271 g/mol. The van der Waals surface area contributed by atoms with E-state index >= 15 is 0 Å². The van der Waals surface area contributed by atoms with Gasteiger partial charge < -0.3 is 15.7 Å². The van der Waals surface area contributed by atoms with Gasteiger partial charge in [0.05, 0.1) is 16.3 Å². The largest absolute Gasteiger partial charge is 0.478 e. The van der Waals surface area contributed by atoms with Crippen LogP contribution in [0.3, 0.4) is 0 Å². The topological polar surface area (TPSA) is 78.4 Å². The monoisotopic (exact) mass is 270 g/mol. The molecule has 0 radical (unpaired) electrons. The number of carboxylic acid groups (broad SMARTS) is 1. The van der Waals surface area contributed by atoms with E-state index in [0.29, 0.717) is 17.3 Å². The van der Waals surface area contributed by atoms with Crippen LogP contribution in [0.5, 0.6) is 0 Å². The first-order chi connectivity index (χ1) is 8.45. The van der Waals surface area contributed by atoms with E-state index in [4.69, 9.17) is 16.7 Å². The molecule has 3 N–H and O–H groups in total. The van der Waals surface area contributed by atoms with Crippen molar-refractivity contribution in [2.24, 2.45) is 5.92 Å². The van der Waals surface area contributed by atoms with Gasteiger partial charge in [-0.15, -0.1) is 0 Å². The van der Waals surface area contributed by atoms with Crippen molar-refractivity contribution in [1.29, 1.82) is 0 Å². The zero-order chi connectivity index (χ0) is 13.7. The van der Waals surface area contributed by atoms with E-state index in [0.717, 1.165) is 0 Å². The first kappa shape index (κ1) is 14.5. The number of carbonyl (C=O) groups excluding carboxylic acids is 1. The summed E-state index contributed by atoms with van der Waals surface area (Å²) in [6.07, 6.45) is 0. The van der Waals surface area contributed by atoms with Crippen LogP contribution < -0.4 is 10.6 Å². The normalized spacial score (nSPS) is 11.9. The first-order valence-electron chi connectivity index (χ1n) is 5.44. The van der Waals surface area contributed by atoms with E-state index in [1.807, 2.05) is 0 Å². The van der Waals surface area contributed by atoms with Gasteiger partial charge in [0.2, 0.25) is 5.91 Å². The molecule has 5 nitrogen and oxygen atoms in total. The van der Waals surface area contributed by atoms with Gasteiger partial charge in [0.25, 0.3) is 0 Å². The Morgan fingerprint density at radius 1 is 1.44 bits per heavy atom. The van der Waals surface area contributed by atoms with Gasteiger partial charge in [-0.2, -0.15) is 0 Å². The minimum atomic E-state index is -1.06. The van der Waals surface area contributed by atoms with Crippen LogP contribution in [0.25, 0.3) is 0 Å². The number of nitrogens with one attached hydrogen (secondary N) is 2. The van der Waals surface area contributed by atoms with E-state index in [1.165, 1.54) is 18.2 Å². The van der Waals surface area contributed by atoms with Crippen molar-refractivity contribution in [3.63, 3.8) is 0 Å². The minimum absolute atomic E-state index is 0.0796. The summed E-state index contributed by atoms with van der Waals surface area (Å²) in [5, 5.41) is 14.7. The zero-order valence-corrected chi connectivity index (χ0v) is 10.9. The predicted molar refractivity (Wildman–Crippen MR) is 70.1 cm³/mol. The molecule has 98 valence electrons. The molecule has 0 heterocycles. The van der Waals surface area contributed by atoms with Crippen LogP contribution in [-0.2, 0) is 4.79 Å². The van der Waals surface area contributed by atoms with Crippen molar-refractivity contribution in [2.45, 2.75) is 6.92 Å². The third-order valence-corrected chi connectivity index (χ3v) is 2.76. The molecule has 1 aromatic rings. The number of anilines is 1. The van der Waals surface area contributed by atoms with Gasteiger partial charge in [-0.05, 0) is 25.2 Å². The third-order valence-electron chi connectivity index (χ3n) is 2.43. The minimum Gasteiger partial charge on any atom is -0.478 e. The molecule has 1 unspecified atom stereocenters. The molecule has 0 aromatic heterocycles. The van der Waals surface area contributed by atoms with Crippen molar-refractivity contribution in [3.05, 3.63) is 28.8 Å². The first-order valence-corrected chi connectivity index (χ1v) is 5.81. The number of carboxylic acids is 1. The Balaban J connectivity index is 2.86. The second-order valence-corrected chi connectivity index (χ2v) is 4.35. The van der Waals surface area contributed by atoms with E-state index in [1.54, 1.807) is 14.0 Å². The van der Waals surface area contributed by atoms with Crippen LogP contribution in [0.1, 0.15) is 17.3 Å². The van der Waals surface area contributed by atoms with E-state index in [9.17, 15) is 9.59 Å². The molecule has 6 heteroatoms. The molecule has 0 saturated heterocycles. The second kappa shape index (κ2) is 6.37. The molecule has 1 rings (SSSR count). The summed E-state index contributed by atoms with van der Waals surface area (Å²) in [6, 6.07) is 4.18. The van der Waals surface area contributed by atoms with Crippen LogP contribution in [-0.4, -0.2) is 30.6 Å². The summed E-state index contributed by atoms with van der Waals surface area (Å²) in [7, 11) is 1.75. The molecule has 0 spiro atoms. The standard InChI is InChI=1S/C12H15ClN2O3/c1-7(6-14-2)11(16)15-10-5-8(12(17)18)3-4-9(10)13/h3-5,7,14H,6H2,1-2H3,(H,15,16)(H,17,18). The van der Waals surface area contributed by atoms with Gasteiger partial charge in [0.15, 0.2) is 0 Å². The zero-order valence-electron chi connectivity index (χ0n) is 10.2. The Morgan fingerprint density at radius 3 is 2.67 bits per heavy atom. The Morgan fingerprint density at radius 2 is 2.11 bits per heavy atom. The summed E-state index contributed by atoms with van der Waals surface area (Å²) < 4.78 is 0. The number of aromatic carboxylic acids is 1. The van der Waals surface area contributed by atoms with Crippen LogP contribution >= 0.6 is 11.6 Å². The van der Waals surface area contributed by atoms with Crippen molar-refractivity contribution >= 4 is 29.2 Å². The number of rotatable bonds is 5. The van der Waals surface area contributed by atoms with Crippen molar-refractivity contribution in [1.82, 2.24) is 5.32 Å². The maximum Gasteiger partial charge on any atom is 0.335 e. The fourth-order valence-corrected chi connectivity index (χ4v) is 1.57. The molecule has 1 amide bonds. The lowest BCUT2D eigenvalue weighted by molar-refractivity contribution is -0.119. The Bertz CT molecular complexity index is 463. The fraction of sp³-hybridized carbons (Fsp3) is 0.333. The van der Waals surface area contributed by atoms with Gasteiger partial charge >= 0.3 is 5.97 Å². The molecule has 1 atom stereocenters. The van der Waals surface area contributed by atoms with Crippen LogP contribution in [0.4, 0.5) is 5.69 Å². The summed E-state index contributed by atoms with van der Waals surface area (Å²) >= 11 is 5.90. The smallest absolute Gasteiger partial charge is 0.335 e. The summed E-state index contributed by atoms with van der Waals surface area (Å²) in [4.78, 5) is 22.6. The number of hydrogen-bond donors (Lipinski definition) is 3. The molecule has 0 saturated carbocycles. The highest BCUT2D eigenvalue weighted by molar-refractivity contribution is 6.33. The van der Waals surface area contributed by atoms with Gasteiger partial charge in [0, 0.05) is 12.5 Å². The molecule has 18 heavy (non-hydrogen) atoms. The number of benzene rings is 1. The Labute approximate surface area is 110 Å². The summed E-state index contributed by atoms with van der Waals surface area (Å²) in [6.45, 7) is 2.29. The van der Waals surface area contributed by atoms with Gasteiger partial charge in [-0.3, -0.25) is 4.79 Å². The highest BCUT2D eigenvalue weighted by Crippen LogP contribution is 2.23. The maximum absolute atomic E-state index is 11.8. The van der Waals surface area contributed by atoms with Crippen LogP contribution in [0.15, 0.2) is 18.2 Å². The molecular formula is C12H15ClN2O3. The van der Waals surface area contributed by atoms with Gasteiger partial charge in [-0.25, -0.2) is 4.79 Å². The second-order valence-electron chi connectivity index (χ2n) is 3.95. The summed E-state index contributed by atoms with van der Waals surface area (Å²) in [5.74, 6) is -1.52.